The second kappa shape index (κ2) is 2.85. The van der Waals surface area contributed by atoms with Crippen molar-refractivity contribution in [1.82, 2.24) is 0 Å². The van der Waals surface area contributed by atoms with E-state index in [0.717, 1.165) is 0 Å². The van der Waals surface area contributed by atoms with Gasteiger partial charge in [0, 0.05) is 0 Å². The molecular weight excluding hydrogens is 176 g/mol. The Bertz CT molecular complexity index is 369. The fraction of sp³-hybridized carbons (Fsp3) is 0.333. The third kappa shape index (κ3) is 1.01. The van der Waals surface area contributed by atoms with E-state index in [1.165, 1.54) is 11.1 Å². The molecule has 2 nitrogen and oxygen atoms in total. The van der Waals surface area contributed by atoms with E-state index in [1.54, 1.807) is 0 Å². The van der Waals surface area contributed by atoms with Crippen LogP contribution in [0.2, 0.25) is 0 Å². The van der Waals surface area contributed by atoms with Gasteiger partial charge in [-0.25, -0.2) is 0 Å². The van der Waals surface area contributed by atoms with E-state index in [9.17, 15) is 0 Å². The molecule has 2 heterocycles. The SMILES string of the molecule is CC1=CO[C@H]2O[C@H](c3ccccc3)[C@@H]12. The topological polar surface area (TPSA) is 18.5 Å². The van der Waals surface area contributed by atoms with Crippen LogP contribution in [0, 0.1) is 5.92 Å². The fourth-order valence-electron chi connectivity index (χ4n) is 2.12. The van der Waals surface area contributed by atoms with Gasteiger partial charge in [-0.3, -0.25) is 0 Å². The van der Waals surface area contributed by atoms with Crippen molar-refractivity contribution in [3.63, 3.8) is 0 Å². The maximum Gasteiger partial charge on any atom is 0.209 e. The Balaban J connectivity index is 1.87. The molecule has 2 heteroatoms. The molecule has 0 spiro atoms. The lowest BCUT2D eigenvalue weighted by molar-refractivity contribution is -0.259. The van der Waals surface area contributed by atoms with Crippen molar-refractivity contribution in [2.45, 2.75) is 19.3 Å². The molecule has 3 atom stereocenters. The Kier molecular flexibility index (Phi) is 1.64. The third-order valence-electron chi connectivity index (χ3n) is 2.94. The van der Waals surface area contributed by atoms with Crippen molar-refractivity contribution in [2.24, 2.45) is 5.92 Å². The van der Waals surface area contributed by atoms with Crippen LogP contribution < -0.4 is 0 Å². The van der Waals surface area contributed by atoms with Crippen molar-refractivity contribution >= 4 is 0 Å². The fourth-order valence-corrected chi connectivity index (χ4v) is 2.12. The summed E-state index contributed by atoms with van der Waals surface area (Å²) >= 11 is 0. The van der Waals surface area contributed by atoms with Crippen LogP contribution in [0.3, 0.4) is 0 Å². The first-order valence-electron chi connectivity index (χ1n) is 4.89. The summed E-state index contributed by atoms with van der Waals surface area (Å²) in [5.41, 5.74) is 2.53. The van der Waals surface area contributed by atoms with Gasteiger partial charge in [0.25, 0.3) is 0 Å². The van der Waals surface area contributed by atoms with Gasteiger partial charge < -0.3 is 9.47 Å². The van der Waals surface area contributed by atoms with Crippen molar-refractivity contribution < 1.29 is 9.47 Å². The predicted octanol–water partition coefficient (Wildman–Crippen LogP) is 2.63. The van der Waals surface area contributed by atoms with Gasteiger partial charge in [-0.1, -0.05) is 30.3 Å². The monoisotopic (exact) mass is 188 g/mol. The molecule has 1 saturated heterocycles. The molecule has 0 bridgehead atoms. The molecule has 1 aromatic carbocycles. The van der Waals surface area contributed by atoms with Gasteiger partial charge in [-0.15, -0.1) is 0 Å². The summed E-state index contributed by atoms with van der Waals surface area (Å²) in [6.07, 6.45) is 1.98. The summed E-state index contributed by atoms with van der Waals surface area (Å²) in [7, 11) is 0. The van der Waals surface area contributed by atoms with E-state index in [-0.39, 0.29) is 12.4 Å². The molecule has 2 aliphatic heterocycles. The highest BCUT2D eigenvalue weighted by Gasteiger charge is 2.48. The molecule has 0 N–H and O–H groups in total. The maximum atomic E-state index is 5.65. The summed E-state index contributed by atoms with van der Waals surface area (Å²) in [6, 6.07) is 10.3. The lowest BCUT2D eigenvalue weighted by atomic mass is 9.86. The minimum Gasteiger partial charge on any atom is -0.472 e. The Morgan fingerprint density at radius 1 is 1.14 bits per heavy atom. The van der Waals surface area contributed by atoms with Crippen molar-refractivity contribution in [3.8, 4) is 0 Å². The zero-order valence-electron chi connectivity index (χ0n) is 8.01. The molecule has 0 aromatic heterocycles. The number of ether oxygens (including phenoxy) is 2. The normalized spacial score (nSPS) is 34.1. The highest BCUT2D eigenvalue weighted by molar-refractivity contribution is 5.26. The van der Waals surface area contributed by atoms with Crippen LogP contribution in [-0.4, -0.2) is 6.29 Å². The Morgan fingerprint density at radius 3 is 2.64 bits per heavy atom. The highest BCUT2D eigenvalue weighted by atomic mass is 16.7. The lowest BCUT2D eigenvalue weighted by Gasteiger charge is -2.40. The number of rotatable bonds is 1. The first-order valence-corrected chi connectivity index (χ1v) is 4.89. The third-order valence-corrected chi connectivity index (χ3v) is 2.94. The van der Waals surface area contributed by atoms with Crippen LogP contribution in [-0.2, 0) is 9.47 Å². The van der Waals surface area contributed by atoms with Crippen molar-refractivity contribution in [2.75, 3.05) is 0 Å². The molecule has 0 saturated carbocycles. The minimum atomic E-state index is -0.0276. The van der Waals surface area contributed by atoms with E-state index in [1.807, 2.05) is 24.5 Å². The standard InChI is InChI=1S/C12H12O2/c1-8-7-13-12-10(8)11(14-12)9-5-3-2-4-6-9/h2-7,10-12H,1H3/t10-,11-,12+/m1/s1. The quantitative estimate of drug-likeness (QED) is 0.674. The molecule has 1 aromatic rings. The average Bonchev–Trinajstić information content (AvgIpc) is 2.43. The molecule has 0 amide bonds. The van der Waals surface area contributed by atoms with Gasteiger partial charge in [0.2, 0.25) is 6.29 Å². The van der Waals surface area contributed by atoms with E-state index in [0.29, 0.717) is 5.92 Å². The first kappa shape index (κ1) is 8.06. The van der Waals surface area contributed by atoms with Gasteiger partial charge in [-0.05, 0) is 18.1 Å². The van der Waals surface area contributed by atoms with Crippen LogP contribution in [0.25, 0.3) is 0 Å². The molecule has 1 fully saturated rings. The molecule has 72 valence electrons. The summed E-state index contributed by atoms with van der Waals surface area (Å²) in [4.78, 5) is 0. The van der Waals surface area contributed by atoms with E-state index in [4.69, 9.17) is 9.47 Å². The van der Waals surface area contributed by atoms with Crippen LogP contribution in [0.1, 0.15) is 18.6 Å². The number of hydrogen-bond donors (Lipinski definition) is 0. The molecular formula is C12H12O2. The van der Waals surface area contributed by atoms with Gasteiger partial charge >= 0.3 is 0 Å². The number of benzene rings is 1. The van der Waals surface area contributed by atoms with Crippen LogP contribution in [0.15, 0.2) is 42.2 Å². The van der Waals surface area contributed by atoms with Gasteiger partial charge in [0.15, 0.2) is 0 Å². The highest BCUT2D eigenvalue weighted by Crippen LogP contribution is 2.48. The summed E-state index contributed by atoms with van der Waals surface area (Å²) < 4.78 is 11.0. The molecule has 0 unspecified atom stereocenters. The van der Waals surface area contributed by atoms with Gasteiger partial charge in [0.05, 0.1) is 18.3 Å². The second-order valence-corrected chi connectivity index (χ2v) is 3.86. The number of hydrogen-bond acceptors (Lipinski definition) is 2. The smallest absolute Gasteiger partial charge is 0.209 e. The number of fused-ring (bicyclic) bond motifs is 1. The van der Waals surface area contributed by atoms with Gasteiger partial charge in [-0.2, -0.15) is 0 Å². The Morgan fingerprint density at radius 2 is 1.93 bits per heavy atom. The Hall–Kier alpha value is -1.28. The van der Waals surface area contributed by atoms with Crippen molar-refractivity contribution in [3.05, 3.63) is 47.7 Å². The molecule has 3 rings (SSSR count). The molecule has 2 aliphatic rings. The van der Waals surface area contributed by atoms with Crippen LogP contribution >= 0.6 is 0 Å². The zero-order valence-corrected chi connectivity index (χ0v) is 8.01. The van der Waals surface area contributed by atoms with Crippen LogP contribution in [0.4, 0.5) is 0 Å². The molecule has 14 heavy (non-hydrogen) atoms. The second-order valence-electron chi connectivity index (χ2n) is 3.86. The van der Waals surface area contributed by atoms with E-state index in [2.05, 4.69) is 19.1 Å². The average molecular weight is 188 g/mol. The summed E-state index contributed by atoms with van der Waals surface area (Å²) in [5.74, 6) is 0.428. The summed E-state index contributed by atoms with van der Waals surface area (Å²) in [6.45, 7) is 2.10. The maximum absolute atomic E-state index is 5.65. The Labute approximate surface area is 83.1 Å². The predicted molar refractivity (Wildman–Crippen MR) is 52.4 cm³/mol. The van der Waals surface area contributed by atoms with Crippen LogP contribution in [0.5, 0.6) is 0 Å². The zero-order chi connectivity index (χ0) is 9.54. The molecule has 0 radical (unpaired) electrons. The molecule has 0 aliphatic carbocycles. The lowest BCUT2D eigenvalue weighted by Crippen LogP contribution is -2.41. The summed E-state index contributed by atoms with van der Waals surface area (Å²) in [5, 5.41) is 0. The minimum absolute atomic E-state index is 0.0276. The van der Waals surface area contributed by atoms with Crippen molar-refractivity contribution in [1.29, 1.82) is 0 Å². The van der Waals surface area contributed by atoms with Gasteiger partial charge in [0.1, 0.15) is 0 Å². The first-order chi connectivity index (χ1) is 6.86. The van der Waals surface area contributed by atoms with E-state index >= 15 is 0 Å². The largest absolute Gasteiger partial charge is 0.472 e. The van der Waals surface area contributed by atoms with E-state index < -0.39 is 0 Å².